The first-order chi connectivity index (χ1) is 10.4. The smallest absolute Gasteiger partial charge is 0.340 e. The molecule has 0 radical (unpaired) electrons. The monoisotopic (exact) mass is 368 g/mol. The molecule has 0 saturated heterocycles. The molecular formula is C15H17BrN2O4. The predicted octanol–water partition coefficient (Wildman–Crippen LogP) is 3.25. The number of benzene rings is 1. The van der Waals surface area contributed by atoms with Crippen LogP contribution in [-0.2, 0) is 18.2 Å². The number of carbonyl (C=O) groups excluding carboxylic acids is 1. The number of fused-ring (bicyclic) bond motifs is 1. The molecule has 0 atom stereocenters. The number of hydrogen-bond donors (Lipinski definition) is 0. The predicted molar refractivity (Wildman–Crippen MR) is 86.9 cm³/mol. The summed E-state index contributed by atoms with van der Waals surface area (Å²) in [6, 6.07) is 3.82. The summed E-state index contributed by atoms with van der Waals surface area (Å²) in [5.74, 6) is -0.437. The lowest BCUT2D eigenvalue weighted by Crippen LogP contribution is -2.13. The van der Waals surface area contributed by atoms with Gasteiger partial charge in [0.25, 0.3) is 0 Å². The maximum Gasteiger partial charge on any atom is 0.340 e. The Hall–Kier alpha value is -1.89. The third kappa shape index (κ3) is 2.99. The molecule has 118 valence electrons. The molecule has 0 saturated carbocycles. The minimum atomic E-state index is -0.437. The number of rotatable bonds is 5. The Labute approximate surface area is 136 Å². The van der Waals surface area contributed by atoms with Gasteiger partial charge in [0, 0.05) is 33.0 Å². The van der Waals surface area contributed by atoms with E-state index in [0.29, 0.717) is 11.3 Å². The fraction of sp³-hybridized carbons (Fsp3) is 0.400. The van der Waals surface area contributed by atoms with Crippen LogP contribution in [-0.4, -0.2) is 28.6 Å². The molecule has 7 heteroatoms. The second kappa shape index (κ2) is 6.48. The zero-order valence-corrected chi connectivity index (χ0v) is 14.3. The lowest BCUT2D eigenvalue weighted by molar-refractivity contribution is -0.479. The van der Waals surface area contributed by atoms with E-state index >= 15 is 0 Å². The third-order valence-electron chi connectivity index (χ3n) is 3.61. The Balaban J connectivity index is 2.68. The second-order valence-corrected chi connectivity index (χ2v) is 5.88. The van der Waals surface area contributed by atoms with Gasteiger partial charge in [-0.25, -0.2) is 4.79 Å². The van der Waals surface area contributed by atoms with Crippen molar-refractivity contribution in [1.29, 1.82) is 0 Å². The second-order valence-electron chi connectivity index (χ2n) is 5.03. The van der Waals surface area contributed by atoms with Crippen LogP contribution < -0.4 is 0 Å². The molecule has 0 aliphatic rings. The van der Waals surface area contributed by atoms with Crippen molar-refractivity contribution < 1.29 is 14.5 Å². The Morgan fingerprint density at radius 3 is 2.73 bits per heavy atom. The van der Waals surface area contributed by atoms with Crippen LogP contribution in [0.1, 0.15) is 28.5 Å². The van der Waals surface area contributed by atoms with Gasteiger partial charge in [0.2, 0.25) is 6.54 Å². The van der Waals surface area contributed by atoms with Crippen molar-refractivity contribution in [3.8, 4) is 0 Å². The summed E-state index contributed by atoms with van der Waals surface area (Å²) in [7, 11) is 1.81. The molecule has 2 rings (SSSR count). The van der Waals surface area contributed by atoms with Crippen molar-refractivity contribution >= 4 is 32.8 Å². The lowest BCUT2D eigenvalue weighted by atomic mass is 10.1. The molecule has 1 aromatic heterocycles. The minimum absolute atomic E-state index is 0.184. The molecule has 0 spiro atoms. The summed E-state index contributed by atoms with van der Waals surface area (Å²) in [6.07, 6.45) is 0.184. The molecule has 0 fully saturated rings. The summed E-state index contributed by atoms with van der Waals surface area (Å²) >= 11 is 3.48. The summed E-state index contributed by atoms with van der Waals surface area (Å²) in [4.78, 5) is 22.6. The highest BCUT2D eigenvalue weighted by Gasteiger charge is 2.23. The van der Waals surface area contributed by atoms with Gasteiger partial charge in [0.05, 0.1) is 18.6 Å². The van der Waals surface area contributed by atoms with Crippen LogP contribution in [0.25, 0.3) is 10.9 Å². The van der Waals surface area contributed by atoms with Crippen molar-refractivity contribution in [1.82, 2.24) is 4.57 Å². The quantitative estimate of drug-likeness (QED) is 0.461. The fourth-order valence-corrected chi connectivity index (χ4v) is 2.87. The van der Waals surface area contributed by atoms with Gasteiger partial charge < -0.3 is 9.30 Å². The number of aromatic nitrogens is 1. The first kappa shape index (κ1) is 16.5. The highest BCUT2D eigenvalue weighted by molar-refractivity contribution is 9.10. The molecule has 1 heterocycles. The molecule has 0 aliphatic carbocycles. The van der Waals surface area contributed by atoms with E-state index in [1.165, 1.54) is 0 Å². The van der Waals surface area contributed by atoms with E-state index in [0.717, 1.165) is 20.9 Å². The highest BCUT2D eigenvalue weighted by Crippen LogP contribution is 2.31. The number of nitro groups is 1. The van der Waals surface area contributed by atoms with Crippen LogP contribution in [0.15, 0.2) is 16.6 Å². The minimum Gasteiger partial charge on any atom is -0.462 e. The van der Waals surface area contributed by atoms with Gasteiger partial charge in [0.15, 0.2) is 0 Å². The van der Waals surface area contributed by atoms with E-state index in [2.05, 4.69) is 15.9 Å². The molecule has 0 N–H and O–H groups in total. The summed E-state index contributed by atoms with van der Waals surface area (Å²) in [5, 5.41) is 11.5. The topological polar surface area (TPSA) is 74.4 Å². The molecule has 22 heavy (non-hydrogen) atoms. The van der Waals surface area contributed by atoms with Crippen molar-refractivity contribution in [2.75, 3.05) is 13.2 Å². The SMILES string of the molecule is CCOC(=O)c1c(CC[N+](=O)[O-])n(C)c2cc(Br)c(C)cc12. The van der Waals surface area contributed by atoms with Crippen LogP contribution >= 0.6 is 15.9 Å². The van der Waals surface area contributed by atoms with Crippen molar-refractivity contribution in [2.24, 2.45) is 7.05 Å². The van der Waals surface area contributed by atoms with Crippen molar-refractivity contribution in [3.05, 3.63) is 43.5 Å². The number of esters is 1. The Morgan fingerprint density at radius 2 is 2.14 bits per heavy atom. The standard InChI is InChI=1S/C15H17BrN2O4/c1-4-22-15(19)14-10-7-9(2)11(16)8-13(10)17(3)12(14)5-6-18(20)21/h7-8H,4-6H2,1-3H3. The van der Waals surface area contributed by atoms with Crippen LogP contribution in [0.2, 0.25) is 0 Å². The molecule has 0 amide bonds. The van der Waals surface area contributed by atoms with E-state index in [1.807, 2.05) is 30.7 Å². The van der Waals surface area contributed by atoms with Crippen LogP contribution in [0, 0.1) is 17.0 Å². The normalized spacial score (nSPS) is 10.9. The van der Waals surface area contributed by atoms with Gasteiger partial charge in [-0.3, -0.25) is 10.1 Å². The molecule has 0 bridgehead atoms. The van der Waals surface area contributed by atoms with Gasteiger partial charge in [-0.15, -0.1) is 0 Å². The van der Waals surface area contributed by atoms with Gasteiger partial charge in [-0.1, -0.05) is 15.9 Å². The number of carbonyl (C=O) groups is 1. The van der Waals surface area contributed by atoms with Crippen LogP contribution in [0.3, 0.4) is 0 Å². The maximum absolute atomic E-state index is 12.3. The molecule has 1 aromatic carbocycles. The number of hydrogen-bond acceptors (Lipinski definition) is 4. The average molecular weight is 369 g/mol. The lowest BCUT2D eigenvalue weighted by Gasteiger charge is -2.05. The number of halogens is 1. The molecule has 2 aromatic rings. The Morgan fingerprint density at radius 1 is 1.45 bits per heavy atom. The van der Waals surface area contributed by atoms with E-state index in [-0.39, 0.29) is 24.5 Å². The first-order valence-corrected chi connectivity index (χ1v) is 7.72. The highest BCUT2D eigenvalue weighted by atomic mass is 79.9. The Kier molecular flexibility index (Phi) is 4.85. The van der Waals surface area contributed by atoms with Crippen LogP contribution in [0.5, 0.6) is 0 Å². The summed E-state index contributed by atoms with van der Waals surface area (Å²) in [6.45, 7) is 3.71. The van der Waals surface area contributed by atoms with E-state index in [9.17, 15) is 14.9 Å². The Bertz CT molecular complexity index is 752. The average Bonchev–Trinajstić information content (AvgIpc) is 2.70. The van der Waals surface area contributed by atoms with Gasteiger partial charge in [0.1, 0.15) is 0 Å². The third-order valence-corrected chi connectivity index (χ3v) is 4.47. The van der Waals surface area contributed by atoms with E-state index in [1.54, 1.807) is 6.92 Å². The van der Waals surface area contributed by atoms with Gasteiger partial charge in [-0.05, 0) is 31.5 Å². The number of nitrogens with zero attached hydrogens (tertiary/aromatic N) is 2. The van der Waals surface area contributed by atoms with Crippen molar-refractivity contribution in [2.45, 2.75) is 20.3 Å². The first-order valence-electron chi connectivity index (χ1n) is 6.93. The number of aryl methyl sites for hydroxylation is 2. The molecule has 0 unspecified atom stereocenters. The molecule has 6 nitrogen and oxygen atoms in total. The molecular weight excluding hydrogens is 352 g/mol. The fourth-order valence-electron chi connectivity index (χ4n) is 2.54. The molecule has 0 aliphatic heterocycles. The van der Waals surface area contributed by atoms with Gasteiger partial charge in [-0.2, -0.15) is 0 Å². The zero-order valence-electron chi connectivity index (χ0n) is 12.7. The summed E-state index contributed by atoms with van der Waals surface area (Å²) < 4.78 is 7.89. The van der Waals surface area contributed by atoms with Crippen molar-refractivity contribution in [3.63, 3.8) is 0 Å². The van der Waals surface area contributed by atoms with E-state index < -0.39 is 5.97 Å². The number of ether oxygens (including phenoxy) is 1. The zero-order chi connectivity index (χ0) is 16.4. The maximum atomic E-state index is 12.3. The van der Waals surface area contributed by atoms with E-state index in [4.69, 9.17) is 4.74 Å². The largest absolute Gasteiger partial charge is 0.462 e. The summed E-state index contributed by atoms with van der Waals surface area (Å²) in [5.41, 5.74) is 2.89. The van der Waals surface area contributed by atoms with Gasteiger partial charge >= 0.3 is 5.97 Å². The van der Waals surface area contributed by atoms with Crippen LogP contribution in [0.4, 0.5) is 0 Å².